The highest BCUT2D eigenvalue weighted by Gasteiger charge is 2.02. The molecule has 0 fully saturated rings. The molecule has 0 heterocycles. The van der Waals surface area contributed by atoms with Crippen molar-refractivity contribution in [3.63, 3.8) is 0 Å². The van der Waals surface area contributed by atoms with E-state index in [1.165, 1.54) is 10.5 Å². The Balaban J connectivity index is 2.07. The summed E-state index contributed by atoms with van der Waals surface area (Å²) in [4.78, 5) is 1.21. The Morgan fingerprint density at radius 3 is 2.59 bits per heavy atom. The lowest BCUT2D eigenvalue weighted by Gasteiger charge is -2.05. The normalized spacial score (nSPS) is 10.5. The smallest absolute Gasteiger partial charge is 0.0331 e. The first-order valence-corrected chi connectivity index (χ1v) is 7.64. The fourth-order valence-electron chi connectivity index (χ4n) is 1.42. The zero-order valence-electron chi connectivity index (χ0n) is 8.99. The molecule has 2 aromatic carbocycles. The van der Waals surface area contributed by atoms with E-state index in [-0.39, 0.29) is 0 Å². The standard InChI is InChI=1S/C13H11Br2NS/c14-10-3-1-2-9(6-10)8-17-13-5-4-11(16)7-12(13)15/h1-7H,8,16H2. The molecular formula is C13H11Br2NS. The van der Waals surface area contributed by atoms with Crippen LogP contribution in [0.4, 0.5) is 5.69 Å². The van der Waals surface area contributed by atoms with Crippen LogP contribution in [-0.2, 0) is 5.75 Å². The minimum Gasteiger partial charge on any atom is -0.399 e. The summed E-state index contributed by atoms with van der Waals surface area (Å²) in [5.74, 6) is 0.946. The number of nitrogen functional groups attached to an aromatic ring is 1. The van der Waals surface area contributed by atoms with Crippen molar-refractivity contribution in [2.75, 3.05) is 5.73 Å². The van der Waals surface area contributed by atoms with Crippen LogP contribution in [0.3, 0.4) is 0 Å². The topological polar surface area (TPSA) is 26.0 Å². The van der Waals surface area contributed by atoms with Gasteiger partial charge < -0.3 is 5.73 Å². The van der Waals surface area contributed by atoms with E-state index in [1.54, 1.807) is 11.8 Å². The number of rotatable bonds is 3. The van der Waals surface area contributed by atoms with Gasteiger partial charge in [0.15, 0.2) is 0 Å². The number of anilines is 1. The van der Waals surface area contributed by atoms with Crippen LogP contribution in [0.1, 0.15) is 5.56 Å². The molecule has 0 aliphatic rings. The third-order valence-electron chi connectivity index (χ3n) is 2.24. The molecule has 0 radical (unpaired) electrons. The summed E-state index contributed by atoms with van der Waals surface area (Å²) in [6.45, 7) is 0. The molecule has 0 atom stereocenters. The number of nitrogens with two attached hydrogens (primary N) is 1. The van der Waals surface area contributed by atoms with Crippen LogP contribution >= 0.6 is 43.6 Å². The summed E-state index contributed by atoms with van der Waals surface area (Å²) < 4.78 is 2.17. The zero-order valence-corrected chi connectivity index (χ0v) is 13.0. The van der Waals surface area contributed by atoms with Crippen molar-refractivity contribution in [2.45, 2.75) is 10.6 Å². The van der Waals surface area contributed by atoms with Gasteiger partial charge in [0, 0.05) is 25.3 Å². The summed E-state index contributed by atoms with van der Waals surface area (Å²) >= 11 is 8.80. The number of halogens is 2. The second kappa shape index (κ2) is 5.94. The Morgan fingerprint density at radius 2 is 1.88 bits per heavy atom. The first kappa shape index (κ1) is 13.0. The minimum absolute atomic E-state index is 0.781. The van der Waals surface area contributed by atoms with Crippen molar-refractivity contribution in [3.05, 3.63) is 57.0 Å². The highest BCUT2D eigenvalue weighted by Crippen LogP contribution is 2.31. The molecule has 2 N–H and O–H groups in total. The van der Waals surface area contributed by atoms with E-state index >= 15 is 0 Å². The SMILES string of the molecule is Nc1ccc(SCc2cccc(Br)c2)c(Br)c1. The van der Waals surface area contributed by atoms with E-state index in [9.17, 15) is 0 Å². The van der Waals surface area contributed by atoms with Crippen LogP contribution in [0.15, 0.2) is 56.3 Å². The number of thioether (sulfide) groups is 1. The maximum absolute atomic E-state index is 5.71. The molecule has 0 aromatic heterocycles. The molecule has 0 bridgehead atoms. The Kier molecular flexibility index (Phi) is 4.54. The maximum Gasteiger partial charge on any atom is 0.0331 e. The van der Waals surface area contributed by atoms with Gasteiger partial charge in [-0.05, 0) is 51.8 Å². The fraction of sp³-hybridized carbons (Fsp3) is 0.0769. The third kappa shape index (κ3) is 3.76. The predicted molar refractivity (Wildman–Crippen MR) is 82.3 cm³/mol. The van der Waals surface area contributed by atoms with Gasteiger partial charge in [-0.3, -0.25) is 0 Å². The van der Waals surface area contributed by atoms with Crippen molar-refractivity contribution in [2.24, 2.45) is 0 Å². The van der Waals surface area contributed by atoms with E-state index in [0.717, 1.165) is 20.4 Å². The molecular weight excluding hydrogens is 362 g/mol. The van der Waals surface area contributed by atoms with Crippen molar-refractivity contribution in [1.29, 1.82) is 0 Å². The van der Waals surface area contributed by atoms with Gasteiger partial charge in [-0.25, -0.2) is 0 Å². The lowest BCUT2D eigenvalue weighted by atomic mass is 10.2. The molecule has 0 spiro atoms. The Hall–Kier alpha value is -0.450. The van der Waals surface area contributed by atoms with Crippen molar-refractivity contribution >= 4 is 49.3 Å². The van der Waals surface area contributed by atoms with Gasteiger partial charge in [0.1, 0.15) is 0 Å². The van der Waals surface area contributed by atoms with Crippen LogP contribution in [-0.4, -0.2) is 0 Å². The van der Waals surface area contributed by atoms with Gasteiger partial charge in [-0.1, -0.05) is 28.1 Å². The highest BCUT2D eigenvalue weighted by molar-refractivity contribution is 9.10. The van der Waals surface area contributed by atoms with Crippen LogP contribution in [0.25, 0.3) is 0 Å². The molecule has 17 heavy (non-hydrogen) atoms. The number of benzene rings is 2. The quantitative estimate of drug-likeness (QED) is 0.600. The van der Waals surface area contributed by atoms with Crippen molar-refractivity contribution < 1.29 is 0 Å². The lowest BCUT2D eigenvalue weighted by Crippen LogP contribution is -1.86. The minimum atomic E-state index is 0.781. The number of hydrogen-bond acceptors (Lipinski definition) is 2. The largest absolute Gasteiger partial charge is 0.399 e. The van der Waals surface area contributed by atoms with Crippen molar-refractivity contribution in [1.82, 2.24) is 0 Å². The van der Waals surface area contributed by atoms with Crippen LogP contribution in [0, 0.1) is 0 Å². The van der Waals surface area contributed by atoms with Crippen LogP contribution in [0.5, 0.6) is 0 Å². The van der Waals surface area contributed by atoms with Crippen molar-refractivity contribution in [3.8, 4) is 0 Å². The second-order valence-electron chi connectivity index (χ2n) is 3.61. The number of hydrogen-bond donors (Lipinski definition) is 1. The van der Waals surface area contributed by atoms with Gasteiger partial charge in [0.25, 0.3) is 0 Å². The molecule has 0 saturated heterocycles. The van der Waals surface area contributed by atoms with Gasteiger partial charge >= 0.3 is 0 Å². The van der Waals surface area contributed by atoms with Crippen LogP contribution in [0.2, 0.25) is 0 Å². The molecule has 88 valence electrons. The van der Waals surface area contributed by atoms with E-state index < -0.39 is 0 Å². The maximum atomic E-state index is 5.71. The van der Waals surface area contributed by atoms with E-state index in [2.05, 4.69) is 50.1 Å². The van der Waals surface area contributed by atoms with E-state index in [4.69, 9.17) is 5.73 Å². The molecule has 2 rings (SSSR count). The van der Waals surface area contributed by atoms with Gasteiger partial charge in [-0.2, -0.15) is 0 Å². The molecule has 0 saturated carbocycles. The third-order valence-corrected chi connectivity index (χ3v) is 4.80. The summed E-state index contributed by atoms with van der Waals surface area (Å²) in [6, 6.07) is 14.3. The Labute approximate surface area is 122 Å². The zero-order chi connectivity index (χ0) is 12.3. The second-order valence-corrected chi connectivity index (χ2v) is 6.40. The monoisotopic (exact) mass is 371 g/mol. The average Bonchev–Trinajstić information content (AvgIpc) is 2.28. The van der Waals surface area contributed by atoms with E-state index in [0.29, 0.717) is 0 Å². The van der Waals surface area contributed by atoms with Crippen LogP contribution < -0.4 is 5.73 Å². The summed E-state index contributed by atoms with van der Waals surface area (Å²) in [5.41, 5.74) is 7.79. The first-order valence-electron chi connectivity index (χ1n) is 5.07. The highest BCUT2D eigenvalue weighted by atomic mass is 79.9. The first-order chi connectivity index (χ1) is 8.15. The Morgan fingerprint density at radius 1 is 1.06 bits per heavy atom. The summed E-state index contributed by atoms with van der Waals surface area (Å²) in [5, 5.41) is 0. The molecule has 0 aliphatic carbocycles. The van der Waals surface area contributed by atoms with Gasteiger partial charge in [-0.15, -0.1) is 11.8 Å². The molecule has 1 nitrogen and oxygen atoms in total. The fourth-order valence-corrected chi connectivity index (χ4v) is 3.47. The molecule has 0 unspecified atom stereocenters. The molecule has 4 heteroatoms. The molecule has 0 aliphatic heterocycles. The summed E-state index contributed by atoms with van der Waals surface area (Å²) in [7, 11) is 0. The van der Waals surface area contributed by atoms with Gasteiger partial charge in [0.05, 0.1) is 0 Å². The molecule has 2 aromatic rings. The average molecular weight is 373 g/mol. The summed E-state index contributed by atoms with van der Waals surface area (Å²) in [6.07, 6.45) is 0. The lowest BCUT2D eigenvalue weighted by molar-refractivity contribution is 1.35. The van der Waals surface area contributed by atoms with Gasteiger partial charge in [0.2, 0.25) is 0 Å². The Bertz CT molecular complexity index is 529. The predicted octanol–water partition coefficient (Wildman–Crippen LogP) is 5.09. The molecule has 0 amide bonds. The van der Waals surface area contributed by atoms with E-state index in [1.807, 2.05) is 24.3 Å².